The highest BCUT2D eigenvalue weighted by Crippen LogP contribution is 2.13. The second-order valence-corrected chi connectivity index (χ2v) is 8.12. The molecule has 146 valence electrons. The van der Waals surface area contributed by atoms with Crippen LogP contribution in [0, 0.1) is 11.8 Å². The summed E-state index contributed by atoms with van der Waals surface area (Å²) in [5, 5.41) is 3.18. The topological polar surface area (TPSA) is 64.6 Å². The largest absolute Gasteiger partial charge is 0.461 e. The summed E-state index contributed by atoms with van der Waals surface area (Å²) in [6.07, 6.45) is 0.653. The van der Waals surface area contributed by atoms with Gasteiger partial charge in [0.2, 0.25) is 0 Å². The number of esters is 2. The third-order valence-electron chi connectivity index (χ3n) is 3.70. The third-order valence-corrected chi connectivity index (χ3v) is 3.70. The van der Waals surface area contributed by atoms with E-state index in [1.807, 2.05) is 51.1 Å². The number of nitrogens with one attached hydrogen (secondary N) is 1. The number of carbonyl (C=O) groups excluding carboxylic acids is 2. The van der Waals surface area contributed by atoms with Crippen molar-refractivity contribution in [3.8, 4) is 0 Å². The zero-order valence-electron chi connectivity index (χ0n) is 16.9. The predicted octanol–water partition coefficient (Wildman–Crippen LogP) is 3.71. The number of ether oxygens (including phenoxy) is 2. The zero-order chi connectivity index (χ0) is 19.7. The molecule has 1 aromatic carbocycles. The van der Waals surface area contributed by atoms with Crippen molar-refractivity contribution >= 4 is 11.9 Å². The normalized spacial score (nSPS) is 14.0. The second kappa shape index (κ2) is 10.3. The zero-order valence-corrected chi connectivity index (χ0v) is 16.9. The first kappa shape index (κ1) is 22.2. The maximum absolute atomic E-state index is 12.4. The molecule has 0 aliphatic heterocycles. The average molecular weight is 363 g/mol. The molecule has 1 rings (SSSR count). The molecule has 1 N–H and O–H groups in total. The van der Waals surface area contributed by atoms with Crippen molar-refractivity contribution in [2.45, 2.75) is 66.2 Å². The fourth-order valence-corrected chi connectivity index (χ4v) is 2.38. The average Bonchev–Trinajstić information content (AvgIpc) is 2.55. The van der Waals surface area contributed by atoms with Gasteiger partial charge in [-0.2, -0.15) is 0 Å². The molecule has 26 heavy (non-hydrogen) atoms. The molecule has 5 heteroatoms. The van der Waals surface area contributed by atoms with Crippen LogP contribution in [0.1, 0.15) is 53.5 Å². The maximum atomic E-state index is 12.4. The molecule has 0 spiro atoms. The van der Waals surface area contributed by atoms with Crippen LogP contribution in [0.5, 0.6) is 0 Å². The van der Waals surface area contributed by atoms with Crippen molar-refractivity contribution in [1.29, 1.82) is 0 Å². The van der Waals surface area contributed by atoms with Gasteiger partial charge in [0.15, 0.2) is 0 Å². The molecular formula is C21H33NO4. The summed E-state index contributed by atoms with van der Waals surface area (Å²) < 4.78 is 10.8. The molecule has 2 atom stereocenters. The number of rotatable bonds is 9. The SMILES string of the molecule is CC(C)C[C@H](NCC(C)C(=O)OCc1ccccc1)C(=O)OC(C)(C)C. The fraction of sp³-hybridized carbons (Fsp3) is 0.619. The minimum atomic E-state index is -0.534. The van der Waals surface area contributed by atoms with Gasteiger partial charge in [0.05, 0.1) is 5.92 Å². The molecule has 0 radical (unpaired) electrons. The van der Waals surface area contributed by atoms with E-state index in [0.717, 1.165) is 5.56 Å². The van der Waals surface area contributed by atoms with E-state index >= 15 is 0 Å². The van der Waals surface area contributed by atoms with Crippen LogP contribution < -0.4 is 5.32 Å². The summed E-state index contributed by atoms with van der Waals surface area (Å²) in [6, 6.07) is 9.13. The van der Waals surface area contributed by atoms with Crippen molar-refractivity contribution in [3.05, 3.63) is 35.9 Å². The van der Waals surface area contributed by atoms with E-state index in [4.69, 9.17) is 9.47 Å². The molecule has 1 aromatic rings. The van der Waals surface area contributed by atoms with Crippen LogP contribution >= 0.6 is 0 Å². The Bertz CT molecular complexity index is 563. The van der Waals surface area contributed by atoms with Gasteiger partial charge < -0.3 is 14.8 Å². The molecule has 1 unspecified atom stereocenters. The van der Waals surface area contributed by atoms with Crippen molar-refractivity contribution < 1.29 is 19.1 Å². The Morgan fingerprint density at radius 3 is 2.19 bits per heavy atom. The van der Waals surface area contributed by atoms with E-state index in [9.17, 15) is 9.59 Å². The lowest BCUT2D eigenvalue weighted by Gasteiger charge is -2.26. The minimum absolute atomic E-state index is 0.255. The Balaban J connectivity index is 2.52. The van der Waals surface area contributed by atoms with Gasteiger partial charge in [0, 0.05) is 6.54 Å². The Morgan fingerprint density at radius 1 is 1.04 bits per heavy atom. The van der Waals surface area contributed by atoms with Crippen LogP contribution in [0.2, 0.25) is 0 Å². The summed E-state index contributed by atoms with van der Waals surface area (Å²) in [7, 11) is 0. The number of hydrogen-bond acceptors (Lipinski definition) is 5. The lowest BCUT2D eigenvalue weighted by Crippen LogP contribution is -2.44. The predicted molar refractivity (Wildman–Crippen MR) is 102 cm³/mol. The first-order chi connectivity index (χ1) is 12.1. The molecule has 0 saturated heterocycles. The molecular weight excluding hydrogens is 330 g/mol. The van der Waals surface area contributed by atoms with E-state index < -0.39 is 11.6 Å². The number of hydrogen-bond donors (Lipinski definition) is 1. The van der Waals surface area contributed by atoms with Gasteiger partial charge >= 0.3 is 11.9 Å². The molecule has 0 saturated carbocycles. The number of carbonyl (C=O) groups is 2. The van der Waals surface area contributed by atoms with Gasteiger partial charge in [-0.3, -0.25) is 9.59 Å². The fourth-order valence-electron chi connectivity index (χ4n) is 2.38. The molecule has 0 heterocycles. The van der Waals surface area contributed by atoms with Gasteiger partial charge in [-0.05, 0) is 38.7 Å². The Hall–Kier alpha value is -1.88. The molecule has 0 amide bonds. The van der Waals surface area contributed by atoms with Crippen molar-refractivity contribution in [2.24, 2.45) is 11.8 Å². The molecule has 0 aliphatic rings. The van der Waals surface area contributed by atoms with Gasteiger partial charge in [-0.15, -0.1) is 0 Å². The maximum Gasteiger partial charge on any atom is 0.323 e. The van der Waals surface area contributed by atoms with Crippen LogP contribution in [-0.2, 0) is 25.7 Å². The summed E-state index contributed by atoms with van der Waals surface area (Å²) >= 11 is 0. The first-order valence-electron chi connectivity index (χ1n) is 9.25. The molecule has 5 nitrogen and oxygen atoms in total. The van der Waals surface area contributed by atoms with E-state index in [-0.39, 0.29) is 24.5 Å². The third kappa shape index (κ3) is 8.99. The quantitative estimate of drug-likeness (QED) is 0.678. The standard InChI is InChI=1S/C21H33NO4/c1-15(2)12-18(20(24)26-21(4,5)6)22-13-16(3)19(23)25-14-17-10-8-7-9-11-17/h7-11,15-16,18,22H,12-14H2,1-6H3/t16?,18-/m0/s1. The lowest BCUT2D eigenvalue weighted by molar-refractivity contribution is -0.158. The van der Waals surface area contributed by atoms with E-state index in [1.54, 1.807) is 6.92 Å². The van der Waals surface area contributed by atoms with Gasteiger partial charge in [-0.1, -0.05) is 51.1 Å². The van der Waals surface area contributed by atoms with Crippen molar-refractivity contribution in [2.75, 3.05) is 6.54 Å². The summed E-state index contributed by atoms with van der Waals surface area (Å²) in [5.41, 5.74) is 0.418. The van der Waals surface area contributed by atoms with Gasteiger partial charge in [0.1, 0.15) is 18.2 Å². The van der Waals surface area contributed by atoms with Crippen LogP contribution in [-0.4, -0.2) is 30.1 Å². The van der Waals surface area contributed by atoms with Crippen LogP contribution in [0.4, 0.5) is 0 Å². The molecule has 0 fully saturated rings. The van der Waals surface area contributed by atoms with Crippen LogP contribution in [0.25, 0.3) is 0 Å². The van der Waals surface area contributed by atoms with E-state index in [2.05, 4.69) is 19.2 Å². The van der Waals surface area contributed by atoms with Crippen molar-refractivity contribution in [3.63, 3.8) is 0 Å². The molecule has 0 aliphatic carbocycles. The Labute approximate surface area is 157 Å². The Morgan fingerprint density at radius 2 is 1.65 bits per heavy atom. The highest BCUT2D eigenvalue weighted by Gasteiger charge is 2.27. The van der Waals surface area contributed by atoms with E-state index in [0.29, 0.717) is 18.9 Å². The summed E-state index contributed by atoms with van der Waals surface area (Å²) in [4.78, 5) is 24.6. The smallest absolute Gasteiger partial charge is 0.323 e. The number of benzene rings is 1. The Kier molecular flexibility index (Phi) is 8.79. The monoisotopic (exact) mass is 363 g/mol. The van der Waals surface area contributed by atoms with Gasteiger partial charge in [-0.25, -0.2) is 0 Å². The summed E-state index contributed by atoms with van der Waals surface area (Å²) in [5.74, 6) is -0.582. The first-order valence-corrected chi connectivity index (χ1v) is 9.25. The van der Waals surface area contributed by atoms with E-state index in [1.165, 1.54) is 0 Å². The van der Waals surface area contributed by atoms with Crippen LogP contribution in [0.3, 0.4) is 0 Å². The molecule has 0 bridgehead atoms. The minimum Gasteiger partial charge on any atom is -0.461 e. The van der Waals surface area contributed by atoms with Gasteiger partial charge in [0.25, 0.3) is 0 Å². The lowest BCUT2D eigenvalue weighted by atomic mass is 10.0. The highest BCUT2D eigenvalue weighted by molar-refractivity contribution is 5.76. The molecule has 0 aromatic heterocycles. The second-order valence-electron chi connectivity index (χ2n) is 8.12. The van der Waals surface area contributed by atoms with Crippen molar-refractivity contribution in [1.82, 2.24) is 5.32 Å². The summed E-state index contributed by atoms with van der Waals surface area (Å²) in [6.45, 7) is 12.1. The van der Waals surface area contributed by atoms with Crippen LogP contribution in [0.15, 0.2) is 30.3 Å². The highest BCUT2D eigenvalue weighted by atomic mass is 16.6.